The third-order valence-corrected chi connectivity index (χ3v) is 7.04. The number of fused-ring (bicyclic) bond motifs is 1. The van der Waals surface area contributed by atoms with E-state index in [2.05, 4.69) is 48.3 Å². The number of piperazine rings is 1. The molecule has 1 saturated heterocycles. The first-order valence-corrected chi connectivity index (χ1v) is 12.3. The Hall–Kier alpha value is -2.33. The minimum atomic E-state index is 0.302. The van der Waals surface area contributed by atoms with E-state index in [-0.39, 0.29) is 0 Å². The van der Waals surface area contributed by atoms with Gasteiger partial charge in [0.15, 0.2) is 22.4 Å². The first-order valence-electron chi connectivity index (χ1n) is 10.7. The molecule has 0 saturated carbocycles. The van der Waals surface area contributed by atoms with E-state index in [0.29, 0.717) is 24.3 Å². The number of anilines is 1. The van der Waals surface area contributed by atoms with E-state index in [1.165, 1.54) is 5.56 Å². The van der Waals surface area contributed by atoms with Gasteiger partial charge in [-0.05, 0) is 57.5 Å². The second kappa shape index (κ2) is 9.89. The van der Waals surface area contributed by atoms with Crippen LogP contribution in [0.1, 0.15) is 11.1 Å². The topological polar surface area (TPSA) is 54.8 Å². The van der Waals surface area contributed by atoms with Crippen molar-refractivity contribution in [2.75, 3.05) is 38.3 Å². The Morgan fingerprint density at radius 2 is 1.85 bits per heavy atom. The van der Waals surface area contributed by atoms with Crippen LogP contribution in [0, 0.1) is 0 Å². The molecule has 3 heterocycles. The summed E-state index contributed by atoms with van der Waals surface area (Å²) >= 11 is 15.5. The zero-order chi connectivity index (χ0) is 22.8. The molecule has 1 fully saturated rings. The minimum Gasteiger partial charge on any atom is -0.454 e. The monoisotopic (exact) mass is 547 g/mol. The highest BCUT2D eigenvalue weighted by Crippen LogP contribution is 2.33. The van der Waals surface area contributed by atoms with E-state index in [4.69, 9.17) is 33.3 Å². The largest absolute Gasteiger partial charge is 0.454 e. The standard InChI is InChI=1S/C23H23BrClN5O2S/c24-18-14-30(13-17-3-1-2-4-19(17)25)27-22(18)26-23(33)29-9-7-28(8-10-29)12-16-5-6-20-21(11-16)32-15-31-20/h1-6,11,14H,7-10,12-13,15H2,(H,26,27,33). The van der Waals surface area contributed by atoms with Crippen LogP contribution in [0.4, 0.5) is 5.82 Å². The van der Waals surface area contributed by atoms with Gasteiger partial charge in [0, 0.05) is 43.9 Å². The highest BCUT2D eigenvalue weighted by Gasteiger charge is 2.21. The maximum absolute atomic E-state index is 6.28. The highest BCUT2D eigenvalue weighted by atomic mass is 79.9. The van der Waals surface area contributed by atoms with Crippen molar-refractivity contribution in [3.05, 3.63) is 69.3 Å². The fraction of sp³-hybridized carbons (Fsp3) is 0.304. The normalized spacial score (nSPS) is 15.6. The Bertz CT molecular complexity index is 1170. The molecular weight excluding hydrogens is 526 g/mol. The van der Waals surface area contributed by atoms with E-state index >= 15 is 0 Å². The zero-order valence-corrected chi connectivity index (χ0v) is 21.0. The maximum Gasteiger partial charge on any atom is 0.231 e. The molecule has 0 bridgehead atoms. The molecule has 1 N–H and O–H groups in total. The van der Waals surface area contributed by atoms with Gasteiger partial charge in [0.1, 0.15) is 0 Å². The molecule has 0 atom stereocenters. The van der Waals surface area contributed by atoms with E-state index < -0.39 is 0 Å². The number of thiocarbonyl (C=S) groups is 1. The summed E-state index contributed by atoms with van der Waals surface area (Å²) in [4.78, 5) is 4.61. The predicted molar refractivity (Wildman–Crippen MR) is 136 cm³/mol. The number of hydrogen-bond donors (Lipinski definition) is 1. The van der Waals surface area contributed by atoms with Crippen molar-refractivity contribution in [1.29, 1.82) is 0 Å². The Kier molecular flexibility index (Phi) is 6.73. The molecule has 172 valence electrons. The summed E-state index contributed by atoms with van der Waals surface area (Å²) in [6, 6.07) is 13.9. The van der Waals surface area contributed by atoms with E-state index in [0.717, 1.165) is 59.3 Å². The molecular formula is C23H23BrClN5O2S. The third-order valence-electron chi connectivity index (χ3n) is 5.74. The smallest absolute Gasteiger partial charge is 0.231 e. The van der Waals surface area contributed by atoms with Crippen molar-refractivity contribution in [2.45, 2.75) is 13.1 Å². The quantitative estimate of drug-likeness (QED) is 0.468. The van der Waals surface area contributed by atoms with Crippen LogP contribution in [-0.2, 0) is 13.1 Å². The lowest BCUT2D eigenvalue weighted by Gasteiger charge is -2.36. The van der Waals surface area contributed by atoms with Gasteiger partial charge in [0.05, 0.1) is 11.0 Å². The number of aromatic nitrogens is 2. The van der Waals surface area contributed by atoms with Crippen molar-refractivity contribution >= 4 is 50.7 Å². The Labute approximate surface area is 211 Å². The number of halogens is 2. The van der Waals surface area contributed by atoms with Gasteiger partial charge in [0.2, 0.25) is 6.79 Å². The Morgan fingerprint density at radius 1 is 1.06 bits per heavy atom. The molecule has 2 aromatic carbocycles. The van der Waals surface area contributed by atoms with Crippen molar-refractivity contribution in [2.24, 2.45) is 0 Å². The summed E-state index contributed by atoms with van der Waals surface area (Å²) in [5.41, 5.74) is 2.24. The summed E-state index contributed by atoms with van der Waals surface area (Å²) in [5.74, 6) is 2.35. The van der Waals surface area contributed by atoms with Gasteiger partial charge < -0.3 is 19.7 Å². The van der Waals surface area contributed by atoms with E-state index in [1.54, 1.807) is 0 Å². The molecule has 0 spiro atoms. The fourth-order valence-corrected chi connectivity index (χ4v) is 4.84. The first kappa shape index (κ1) is 22.5. The highest BCUT2D eigenvalue weighted by molar-refractivity contribution is 9.10. The molecule has 7 nitrogen and oxygen atoms in total. The van der Waals surface area contributed by atoms with Crippen LogP contribution in [0.3, 0.4) is 0 Å². The SMILES string of the molecule is S=C(Nc1nn(Cc2ccccc2Cl)cc1Br)N1CCN(Cc2ccc3c(c2)OCO3)CC1. The lowest BCUT2D eigenvalue weighted by molar-refractivity contribution is 0.173. The number of nitrogens with zero attached hydrogens (tertiary/aromatic N) is 4. The van der Waals surface area contributed by atoms with Crippen LogP contribution in [0.25, 0.3) is 0 Å². The molecule has 0 unspecified atom stereocenters. The lowest BCUT2D eigenvalue weighted by Crippen LogP contribution is -2.49. The molecule has 10 heteroatoms. The minimum absolute atomic E-state index is 0.302. The Balaban J connectivity index is 1.14. The Morgan fingerprint density at radius 3 is 2.67 bits per heavy atom. The van der Waals surface area contributed by atoms with Crippen LogP contribution >= 0.6 is 39.7 Å². The van der Waals surface area contributed by atoms with Crippen LogP contribution in [-0.4, -0.2) is 57.7 Å². The predicted octanol–water partition coefficient (Wildman–Crippen LogP) is 4.59. The fourth-order valence-electron chi connectivity index (χ4n) is 3.95. The second-order valence-electron chi connectivity index (χ2n) is 8.00. The molecule has 2 aliphatic heterocycles. The summed E-state index contributed by atoms with van der Waals surface area (Å²) < 4.78 is 13.6. The summed E-state index contributed by atoms with van der Waals surface area (Å²) in [6.45, 7) is 5.34. The van der Waals surface area contributed by atoms with Crippen LogP contribution in [0.2, 0.25) is 5.02 Å². The van der Waals surface area contributed by atoms with Crippen LogP contribution < -0.4 is 14.8 Å². The first-order chi connectivity index (χ1) is 16.0. The number of benzene rings is 2. The maximum atomic E-state index is 6.28. The molecule has 3 aromatic rings. The van der Waals surface area contributed by atoms with Gasteiger partial charge in [-0.3, -0.25) is 9.58 Å². The number of hydrogen-bond acceptors (Lipinski definition) is 5. The molecule has 0 aliphatic carbocycles. The molecule has 1 aromatic heterocycles. The zero-order valence-electron chi connectivity index (χ0n) is 17.8. The van der Waals surface area contributed by atoms with Gasteiger partial charge in [-0.25, -0.2) is 0 Å². The summed E-state index contributed by atoms with van der Waals surface area (Å²) in [7, 11) is 0. The van der Waals surface area contributed by atoms with Crippen molar-refractivity contribution in [3.63, 3.8) is 0 Å². The molecule has 33 heavy (non-hydrogen) atoms. The molecule has 0 radical (unpaired) electrons. The number of nitrogens with one attached hydrogen (secondary N) is 1. The van der Waals surface area contributed by atoms with Crippen molar-refractivity contribution in [1.82, 2.24) is 19.6 Å². The second-order valence-corrected chi connectivity index (χ2v) is 9.64. The van der Waals surface area contributed by atoms with Gasteiger partial charge in [-0.1, -0.05) is 35.9 Å². The van der Waals surface area contributed by atoms with Crippen molar-refractivity contribution < 1.29 is 9.47 Å². The average Bonchev–Trinajstić information content (AvgIpc) is 3.41. The number of rotatable bonds is 5. The van der Waals surface area contributed by atoms with Gasteiger partial charge in [0.25, 0.3) is 0 Å². The average molecular weight is 549 g/mol. The number of ether oxygens (including phenoxy) is 2. The van der Waals surface area contributed by atoms with Gasteiger partial charge in [-0.2, -0.15) is 5.10 Å². The van der Waals surface area contributed by atoms with Gasteiger partial charge in [-0.15, -0.1) is 0 Å². The van der Waals surface area contributed by atoms with Gasteiger partial charge >= 0.3 is 0 Å². The van der Waals surface area contributed by atoms with Crippen molar-refractivity contribution in [3.8, 4) is 11.5 Å². The third kappa shape index (κ3) is 5.27. The van der Waals surface area contributed by atoms with E-state index in [9.17, 15) is 0 Å². The summed E-state index contributed by atoms with van der Waals surface area (Å²) in [5, 5.41) is 9.34. The van der Waals surface area contributed by atoms with Crippen LogP contribution in [0.15, 0.2) is 53.1 Å². The molecule has 0 amide bonds. The molecule has 2 aliphatic rings. The summed E-state index contributed by atoms with van der Waals surface area (Å²) in [6.07, 6.45) is 1.93. The van der Waals surface area contributed by atoms with Crippen LogP contribution in [0.5, 0.6) is 11.5 Å². The lowest BCUT2D eigenvalue weighted by atomic mass is 10.1. The molecule has 5 rings (SSSR count). The van der Waals surface area contributed by atoms with E-state index in [1.807, 2.05) is 41.2 Å².